The van der Waals surface area contributed by atoms with Crippen molar-refractivity contribution >= 4 is 16.8 Å². The van der Waals surface area contributed by atoms with Crippen molar-refractivity contribution in [2.45, 2.75) is 13.8 Å². The number of amides is 1. The van der Waals surface area contributed by atoms with Gasteiger partial charge in [0.05, 0.1) is 5.56 Å². The molecule has 1 aromatic carbocycles. The van der Waals surface area contributed by atoms with E-state index in [2.05, 4.69) is 16.9 Å². The molecule has 1 aromatic heterocycles. The Kier molecular flexibility index (Phi) is 3.00. The van der Waals surface area contributed by atoms with Crippen molar-refractivity contribution < 1.29 is 4.79 Å². The van der Waals surface area contributed by atoms with E-state index < -0.39 is 0 Å². The van der Waals surface area contributed by atoms with Gasteiger partial charge in [-0.1, -0.05) is 30.4 Å². The number of hydrogen-bond donors (Lipinski definition) is 2. The lowest BCUT2D eigenvalue weighted by Gasteiger charge is -2.04. The van der Waals surface area contributed by atoms with E-state index >= 15 is 0 Å². The molecule has 0 bridgehead atoms. The number of benzene rings is 1. The minimum atomic E-state index is -0.0528. The molecule has 2 aromatic rings. The zero-order valence-corrected chi connectivity index (χ0v) is 10.1. The minimum absolute atomic E-state index is 0.0528. The SMILES string of the molecule is C=C(C)CNC(=O)c1c(C)[nH]c2ccccc12. The monoisotopic (exact) mass is 228 g/mol. The molecule has 0 aliphatic carbocycles. The van der Waals surface area contributed by atoms with Crippen LogP contribution in [0.25, 0.3) is 10.9 Å². The standard InChI is InChI=1S/C14H16N2O/c1-9(2)8-15-14(17)13-10(3)16-12-7-5-4-6-11(12)13/h4-7,16H,1,8H2,2-3H3,(H,15,17). The molecule has 3 nitrogen and oxygen atoms in total. The predicted molar refractivity (Wildman–Crippen MR) is 70.2 cm³/mol. The summed E-state index contributed by atoms with van der Waals surface area (Å²) in [7, 11) is 0. The van der Waals surface area contributed by atoms with Crippen LogP contribution >= 0.6 is 0 Å². The summed E-state index contributed by atoms with van der Waals surface area (Å²) in [6.45, 7) is 8.09. The summed E-state index contributed by atoms with van der Waals surface area (Å²) in [6.07, 6.45) is 0. The molecule has 2 N–H and O–H groups in total. The molecule has 0 unspecified atom stereocenters. The molecular formula is C14H16N2O. The van der Waals surface area contributed by atoms with E-state index in [1.165, 1.54) is 0 Å². The highest BCUT2D eigenvalue weighted by molar-refractivity contribution is 6.08. The zero-order valence-electron chi connectivity index (χ0n) is 10.1. The Morgan fingerprint density at radius 2 is 2.12 bits per heavy atom. The third kappa shape index (κ3) is 2.23. The van der Waals surface area contributed by atoms with Crippen molar-refractivity contribution in [1.29, 1.82) is 0 Å². The molecule has 3 heteroatoms. The van der Waals surface area contributed by atoms with Gasteiger partial charge in [0, 0.05) is 23.1 Å². The quantitative estimate of drug-likeness (QED) is 0.779. The highest BCUT2D eigenvalue weighted by atomic mass is 16.1. The number of H-pyrrole nitrogens is 1. The van der Waals surface area contributed by atoms with Crippen LogP contribution in [-0.2, 0) is 0 Å². The highest BCUT2D eigenvalue weighted by Crippen LogP contribution is 2.21. The number of rotatable bonds is 3. The number of nitrogens with one attached hydrogen (secondary N) is 2. The first kappa shape index (κ1) is 11.5. The molecular weight excluding hydrogens is 212 g/mol. The molecule has 88 valence electrons. The Morgan fingerprint density at radius 3 is 2.82 bits per heavy atom. The Balaban J connectivity index is 2.37. The lowest BCUT2D eigenvalue weighted by Crippen LogP contribution is -2.25. The second-order valence-electron chi connectivity index (χ2n) is 4.31. The maximum absolute atomic E-state index is 12.1. The van der Waals surface area contributed by atoms with Crippen LogP contribution in [0.3, 0.4) is 0 Å². The maximum Gasteiger partial charge on any atom is 0.253 e. The number of carbonyl (C=O) groups excluding carboxylic acids is 1. The van der Waals surface area contributed by atoms with E-state index in [-0.39, 0.29) is 5.91 Å². The first-order valence-electron chi connectivity index (χ1n) is 5.59. The predicted octanol–water partition coefficient (Wildman–Crippen LogP) is 2.78. The van der Waals surface area contributed by atoms with Crippen LogP contribution in [0.5, 0.6) is 0 Å². The lowest BCUT2D eigenvalue weighted by molar-refractivity contribution is 0.0958. The Hall–Kier alpha value is -2.03. The smallest absolute Gasteiger partial charge is 0.253 e. The minimum Gasteiger partial charge on any atom is -0.358 e. The van der Waals surface area contributed by atoms with Crippen molar-refractivity contribution in [2.75, 3.05) is 6.54 Å². The van der Waals surface area contributed by atoms with Gasteiger partial charge >= 0.3 is 0 Å². The van der Waals surface area contributed by atoms with E-state index in [9.17, 15) is 4.79 Å². The van der Waals surface area contributed by atoms with Gasteiger partial charge in [-0.3, -0.25) is 4.79 Å². The van der Waals surface area contributed by atoms with Crippen LogP contribution in [0, 0.1) is 6.92 Å². The molecule has 0 saturated carbocycles. The van der Waals surface area contributed by atoms with Gasteiger partial charge in [0.25, 0.3) is 5.91 Å². The lowest BCUT2D eigenvalue weighted by atomic mass is 10.1. The molecule has 0 atom stereocenters. The fourth-order valence-corrected chi connectivity index (χ4v) is 1.89. The Bertz CT molecular complexity index is 581. The molecule has 1 heterocycles. The van der Waals surface area contributed by atoms with Gasteiger partial charge in [-0.2, -0.15) is 0 Å². The summed E-state index contributed by atoms with van der Waals surface area (Å²) in [5.41, 5.74) is 3.55. The van der Waals surface area contributed by atoms with E-state index in [4.69, 9.17) is 0 Å². The van der Waals surface area contributed by atoms with Crippen molar-refractivity contribution in [1.82, 2.24) is 10.3 Å². The van der Waals surface area contributed by atoms with Crippen molar-refractivity contribution in [3.63, 3.8) is 0 Å². The fourth-order valence-electron chi connectivity index (χ4n) is 1.89. The average Bonchev–Trinajstić information content (AvgIpc) is 2.61. The highest BCUT2D eigenvalue weighted by Gasteiger charge is 2.14. The first-order valence-corrected chi connectivity index (χ1v) is 5.59. The van der Waals surface area contributed by atoms with E-state index in [1.54, 1.807) is 0 Å². The van der Waals surface area contributed by atoms with Crippen molar-refractivity contribution in [2.24, 2.45) is 0 Å². The fraction of sp³-hybridized carbons (Fsp3) is 0.214. The molecule has 0 fully saturated rings. The maximum atomic E-state index is 12.1. The topological polar surface area (TPSA) is 44.9 Å². The number of hydrogen-bond acceptors (Lipinski definition) is 1. The molecule has 0 saturated heterocycles. The molecule has 0 aliphatic heterocycles. The molecule has 0 aliphatic rings. The molecule has 0 radical (unpaired) electrons. The number of fused-ring (bicyclic) bond motifs is 1. The van der Waals surface area contributed by atoms with Gasteiger partial charge in [-0.05, 0) is 19.9 Å². The Morgan fingerprint density at radius 1 is 1.41 bits per heavy atom. The van der Waals surface area contributed by atoms with Gasteiger partial charge in [-0.25, -0.2) is 0 Å². The van der Waals surface area contributed by atoms with Crippen LogP contribution in [0.1, 0.15) is 23.0 Å². The van der Waals surface area contributed by atoms with Crippen LogP contribution < -0.4 is 5.32 Å². The Labute approximate surface area is 101 Å². The van der Waals surface area contributed by atoms with Crippen LogP contribution in [-0.4, -0.2) is 17.4 Å². The summed E-state index contributed by atoms with van der Waals surface area (Å²) in [4.78, 5) is 15.3. The third-order valence-electron chi connectivity index (χ3n) is 2.67. The van der Waals surface area contributed by atoms with Crippen LogP contribution in [0.2, 0.25) is 0 Å². The molecule has 2 rings (SSSR count). The van der Waals surface area contributed by atoms with Gasteiger partial charge < -0.3 is 10.3 Å². The van der Waals surface area contributed by atoms with E-state index in [0.717, 1.165) is 27.7 Å². The average molecular weight is 228 g/mol. The summed E-state index contributed by atoms with van der Waals surface area (Å²) in [5, 5.41) is 3.82. The normalized spacial score (nSPS) is 10.5. The van der Waals surface area contributed by atoms with Crippen molar-refractivity contribution in [3.8, 4) is 0 Å². The van der Waals surface area contributed by atoms with Gasteiger partial charge in [0.1, 0.15) is 0 Å². The van der Waals surface area contributed by atoms with Gasteiger partial charge in [-0.15, -0.1) is 0 Å². The number of aromatic amines is 1. The largest absolute Gasteiger partial charge is 0.358 e. The summed E-state index contributed by atoms with van der Waals surface area (Å²) >= 11 is 0. The van der Waals surface area contributed by atoms with Crippen molar-refractivity contribution in [3.05, 3.63) is 47.7 Å². The van der Waals surface area contributed by atoms with Crippen LogP contribution in [0.15, 0.2) is 36.4 Å². The number of para-hydroxylation sites is 1. The first-order chi connectivity index (χ1) is 8.09. The number of carbonyl (C=O) groups is 1. The number of aryl methyl sites for hydroxylation is 1. The molecule has 0 spiro atoms. The van der Waals surface area contributed by atoms with E-state index in [1.807, 2.05) is 38.1 Å². The summed E-state index contributed by atoms with van der Waals surface area (Å²) in [6, 6.07) is 7.81. The summed E-state index contributed by atoms with van der Waals surface area (Å²) in [5.74, 6) is -0.0528. The molecule has 1 amide bonds. The number of aromatic nitrogens is 1. The van der Waals surface area contributed by atoms with Crippen LogP contribution in [0.4, 0.5) is 0 Å². The van der Waals surface area contributed by atoms with Gasteiger partial charge in [0.2, 0.25) is 0 Å². The second-order valence-corrected chi connectivity index (χ2v) is 4.31. The second kappa shape index (κ2) is 4.45. The van der Waals surface area contributed by atoms with E-state index in [0.29, 0.717) is 6.54 Å². The zero-order chi connectivity index (χ0) is 12.4. The van der Waals surface area contributed by atoms with Gasteiger partial charge in [0.15, 0.2) is 0 Å². The molecule has 17 heavy (non-hydrogen) atoms. The third-order valence-corrected chi connectivity index (χ3v) is 2.67. The summed E-state index contributed by atoms with van der Waals surface area (Å²) < 4.78 is 0.